The minimum Gasteiger partial charge on any atom is -0.305 e. The van der Waals surface area contributed by atoms with Gasteiger partial charge in [0.05, 0.1) is 16.7 Å². The molecule has 0 bridgehead atoms. The van der Waals surface area contributed by atoms with Crippen molar-refractivity contribution in [1.29, 1.82) is 0 Å². The lowest BCUT2D eigenvalue weighted by molar-refractivity contribution is 0.581. The van der Waals surface area contributed by atoms with Gasteiger partial charge in [-0.3, -0.25) is 0 Å². The molecule has 2 nitrogen and oxygen atoms in total. The molecule has 0 fully saturated rings. The zero-order valence-electron chi connectivity index (χ0n) is 9.13. The van der Waals surface area contributed by atoms with Crippen LogP contribution in [0.2, 0.25) is 0 Å². The summed E-state index contributed by atoms with van der Waals surface area (Å²) in [6.45, 7) is 11.2. The molecule has 1 atom stereocenters. The number of nitrogens with one attached hydrogen (secondary N) is 1. The molecule has 3 heteroatoms. The van der Waals surface area contributed by atoms with Gasteiger partial charge in [0.25, 0.3) is 0 Å². The fraction of sp³-hybridized carbons (Fsp3) is 0.545. The lowest BCUT2D eigenvalue weighted by Gasteiger charge is -2.16. The molecule has 1 rings (SSSR count). The van der Waals surface area contributed by atoms with E-state index in [1.54, 1.807) is 11.3 Å². The first kappa shape index (κ1) is 11.4. The van der Waals surface area contributed by atoms with E-state index in [1.165, 1.54) is 0 Å². The summed E-state index contributed by atoms with van der Waals surface area (Å²) in [6, 6.07) is 0.222. The SMILES string of the molecule is C=C(C)C(NCCC)c1csc(C)n1. The van der Waals surface area contributed by atoms with Gasteiger partial charge < -0.3 is 5.32 Å². The lowest BCUT2D eigenvalue weighted by Crippen LogP contribution is -2.23. The van der Waals surface area contributed by atoms with Crippen molar-refractivity contribution in [3.63, 3.8) is 0 Å². The van der Waals surface area contributed by atoms with Gasteiger partial charge in [0.1, 0.15) is 0 Å². The number of aryl methyl sites for hydroxylation is 1. The number of hydrogen-bond acceptors (Lipinski definition) is 3. The first-order valence-corrected chi connectivity index (χ1v) is 5.84. The zero-order valence-corrected chi connectivity index (χ0v) is 9.95. The van der Waals surface area contributed by atoms with Crippen molar-refractivity contribution < 1.29 is 0 Å². The van der Waals surface area contributed by atoms with E-state index in [4.69, 9.17) is 0 Å². The van der Waals surface area contributed by atoms with Crippen LogP contribution in [0.1, 0.15) is 37.0 Å². The summed E-state index contributed by atoms with van der Waals surface area (Å²) < 4.78 is 0. The van der Waals surface area contributed by atoms with Crippen LogP contribution in [-0.4, -0.2) is 11.5 Å². The summed E-state index contributed by atoms with van der Waals surface area (Å²) in [4.78, 5) is 4.48. The van der Waals surface area contributed by atoms with Gasteiger partial charge in [-0.1, -0.05) is 19.1 Å². The topological polar surface area (TPSA) is 24.9 Å². The van der Waals surface area contributed by atoms with Gasteiger partial charge in [0.2, 0.25) is 0 Å². The zero-order chi connectivity index (χ0) is 10.6. The summed E-state index contributed by atoms with van der Waals surface area (Å²) in [5.41, 5.74) is 2.23. The van der Waals surface area contributed by atoms with E-state index in [9.17, 15) is 0 Å². The predicted molar refractivity (Wildman–Crippen MR) is 62.7 cm³/mol. The quantitative estimate of drug-likeness (QED) is 0.755. The van der Waals surface area contributed by atoms with Crippen LogP contribution in [-0.2, 0) is 0 Å². The molecule has 0 saturated carbocycles. The molecule has 0 radical (unpaired) electrons. The highest BCUT2D eigenvalue weighted by atomic mass is 32.1. The maximum Gasteiger partial charge on any atom is 0.0898 e. The molecule has 0 aliphatic carbocycles. The van der Waals surface area contributed by atoms with Crippen molar-refractivity contribution in [3.8, 4) is 0 Å². The fourth-order valence-electron chi connectivity index (χ4n) is 1.33. The van der Waals surface area contributed by atoms with Gasteiger partial charge >= 0.3 is 0 Å². The van der Waals surface area contributed by atoms with Crippen molar-refractivity contribution in [1.82, 2.24) is 10.3 Å². The van der Waals surface area contributed by atoms with Crippen molar-refractivity contribution >= 4 is 11.3 Å². The maximum absolute atomic E-state index is 4.48. The lowest BCUT2D eigenvalue weighted by atomic mass is 10.1. The average Bonchev–Trinajstić information content (AvgIpc) is 2.52. The van der Waals surface area contributed by atoms with Crippen LogP contribution in [0.15, 0.2) is 17.5 Å². The first-order chi connectivity index (χ1) is 6.65. The Morgan fingerprint density at radius 2 is 2.43 bits per heavy atom. The molecule has 78 valence electrons. The Labute approximate surface area is 90.1 Å². The van der Waals surface area contributed by atoms with Crippen LogP contribution in [0.25, 0.3) is 0 Å². The number of nitrogens with zero attached hydrogens (tertiary/aromatic N) is 1. The minimum absolute atomic E-state index is 0.222. The second-order valence-corrected chi connectivity index (χ2v) is 4.59. The molecule has 1 N–H and O–H groups in total. The van der Waals surface area contributed by atoms with Crippen LogP contribution in [0.3, 0.4) is 0 Å². The maximum atomic E-state index is 4.48. The molecule has 0 aliphatic heterocycles. The third-order valence-electron chi connectivity index (χ3n) is 2.02. The van der Waals surface area contributed by atoms with E-state index in [2.05, 4.69) is 29.2 Å². The molecule has 0 amide bonds. The molecule has 0 spiro atoms. The second-order valence-electron chi connectivity index (χ2n) is 3.52. The fourth-order valence-corrected chi connectivity index (χ4v) is 1.97. The number of hydrogen-bond donors (Lipinski definition) is 1. The number of rotatable bonds is 5. The average molecular weight is 210 g/mol. The third-order valence-corrected chi connectivity index (χ3v) is 2.82. The Kier molecular flexibility index (Phi) is 4.29. The van der Waals surface area contributed by atoms with Crippen molar-refractivity contribution in [2.75, 3.05) is 6.54 Å². The van der Waals surface area contributed by atoms with E-state index < -0.39 is 0 Å². The van der Waals surface area contributed by atoms with Crippen LogP contribution < -0.4 is 5.32 Å². The van der Waals surface area contributed by atoms with Gasteiger partial charge in [-0.2, -0.15) is 0 Å². The van der Waals surface area contributed by atoms with Crippen molar-refractivity contribution in [2.24, 2.45) is 0 Å². The predicted octanol–water partition coefficient (Wildman–Crippen LogP) is 3.07. The number of thiazole rings is 1. The Morgan fingerprint density at radius 1 is 1.71 bits per heavy atom. The Morgan fingerprint density at radius 3 is 2.86 bits per heavy atom. The van der Waals surface area contributed by atoms with Gasteiger partial charge in [0, 0.05) is 5.38 Å². The molecule has 1 aromatic rings. The minimum atomic E-state index is 0.222. The molecular weight excluding hydrogens is 192 g/mol. The molecule has 0 saturated heterocycles. The van der Waals surface area contributed by atoms with Crippen molar-refractivity contribution in [2.45, 2.75) is 33.2 Å². The van der Waals surface area contributed by atoms with Gasteiger partial charge in [-0.15, -0.1) is 11.3 Å². The van der Waals surface area contributed by atoms with Gasteiger partial charge in [-0.05, 0) is 26.8 Å². The molecule has 0 aromatic carbocycles. The Balaban J connectivity index is 2.72. The van der Waals surface area contributed by atoms with Crippen LogP contribution in [0.5, 0.6) is 0 Å². The summed E-state index contributed by atoms with van der Waals surface area (Å²) in [5, 5.41) is 6.67. The Hall–Kier alpha value is -0.670. The smallest absolute Gasteiger partial charge is 0.0898 e. The molecule has 1 heterocycles. The van der Waals surface area contributed by atoms with E-state index in [0.29, 0.717) is 0 Å². The van der Waals surface area contributed by atoms with E-state index in [-0.39, 0.29) is 6.04 Å². The highest BCUT2D eigenvalue weighted by Gasteiger charge is 2.13. The molecule has 0 aliphatic rings. The molecular formula is C11H18N2S. The van der Waals surface area contributed by atoms with E-state index in [0.717, 1.165) is 29.2 Å². The summed E-state index contributed by atoms with van der Waals surface area (Å²) in [7, 11) is 0. The first-order valence-electron chi connectivity index (χ1n) is 4.96. The normalized spacial score (nSPS) is 12.8. The largest absolute Gasteiger partial charge is 0.305 e. The highest BCUT2D eigenvalue weighted by molar-refractivity contribution is 7.09. The Bertz CT molecular complexity index is 304. The summed E-state index contributed by atoms with van der Waals surface area (Å²) in [5.74, 6) is 0. The van der Waals surface area contributed by atoms with Gasteiger partial charge in [-0.25, -0.2) is 4.98 Å². The summed E-state index contributed by atoms with van der Waals surface area (Å²) in [6.07, 6.45) is 1.13. The monoisotopic (exact) mass is 210 g/mol. The van der Waals surface area contributed by atoms with Crippen LogP contribution >= 0.6 is 11.3 Å². The van der Waals surface area contributed by atoms with Crippen molar-refractivity contribution in [3.05, 3.63) is 28.2 Å². The van der Waals surface area contributed by atoms with Crippen LogP contribution in [0, 0.1) is 6.92 Å². The summed E-state index contributed by atoms with van der Waals surface area (Å²) >= 11 is 1.69. The standard InChI is InChI=1S/C11H18N2S/c1-5-6-12-11(8(2)3)10-7-14-9(4)13-10/h7,11-12H,2,5-6H2,1,3-4H3. The molecule has 14 heavy (non-hydrogen) atoms. The number of aromatic nitrogens is 1. The van der Waals surface area contributed by atoms with E-state index in [1.807, 2.05) is 13.8 Å². The van der Waals surface area contributed by atoms with E-state index >= 15 is 0 Å². The third kappa shape index (κ3) is 2.93. The molecule has 1 unspecified atom stereocenters. The highest BCUT2D eigenvalue weighted by Crippen LogP contribution is 2.21. The van der Waals surface area contributed by atoms with Gasteiger partial charge in [0.15, 0.2) is 0 Å². The molecule has 1 aromatic heterocycles. The second kappa shape index (κ2) is 5.27. The van der Waals surface area contributed by atoms with Crippen LogP contribution in [0.4, 0.5) is 0 Å².